The van der Waals surface area contributed by atoms with E-state index in [1.165, 1.54) is 4.90 Å². The number of sulfonamides is 1. The Labute approximate surface area is 169 Å². The van der Waals surface area contributed by atoms with E-state index < -0.39 is 10.0 Å². The van der Waals surface area contributed by atoms with Crippen LogP contribution in [0.4, 0.5) is 0 Å². The van der Waals surface area contributed by atoms with Crippen LogP contribution in [0.15, 0.2) is 68.8 Å². The van der Waals surface area contributed by atoms with E-state index in [4.69, 9.17) is 0 Å². The number of fused-ring (bicyclic) bond motifs is 1. The molecule has 1 amide bonds. The van der Waals surface area contributed by atoms with E-state index in [1.54, 1.807) is 36.0 Å². The van der Waals surface area contributed by atoms with Crippen molar-refractivity contribution in [1.29, 1.82) is 0 Å². The number of carbonyl (C=O) groups excluding carboxylic acids is 1. The van der Waals surface area contributed by atoms with Crippen LogP contribution in [0.2, 0.25) is 0 Å². The number of carbonyl (C=O) groups is 1. The Morgan fingerprint density at radius 3 is 2.71 bits per heavy atom. The van der Waals surface area contributed by atoms with Crippen LogP contribution in [0.25, 0.3) is 0 Å². The molecule has 1 N–H and O–H groups in total. The first-order valence-electron chi connectivity index (χ1n) is 9.23. The van der Waals surface area contributed by atoms with Gasteiger partial charge in [-0.2, -0.15) is 8.42 Å². The summed E-state index contributed by atoms with van der Waals surface area (Å²) in [5, 5.41) is 2.99. The maximum Gasteiger partial charge on any atom is 0.285 e. The number of rotatable bonds is 5. The molecular weight excluding hydrogens is 394 g/mol. The van der Waals surface area contributed by atoms with Gasteiger partial charge in [0.05, 0.1) is 0 Å². The summed E-state index contributed by atoms with van der Waals surface area (Å²) in [5.74, 6) is 1.10. The van der Waals surface area contributed by atoms with Crippen LogP contribution in [0.3, 0.4) is 0 Å². The van der Waals surface area contributed by atoms with Crippen molar-refractivity contribution in [3.05, 3.63) is 60.2 Å². The summed E-state index contributed by atoms with van der Waals surface area (Å²) in [7, 11) is -3.68. The molecular formula is C20H21N3O3S2. The normalized spacial score (nSPS) is 19.9. The van der Waals surface area contributed by atoms with E-state index in [2.05, 4.69) is 9.71 Å². The molecule has 0 radical (unpaired) electrons. The van der Waals surface area contributed by atoms with Crippen molar-refractivity contribution in [2.24, 2.45) is 4.40 Å². The molecule has 0 bridgehead atoms. The Bertz CT molecular complexity index is 1010. The minimum Gasteiger partial charge on any atom is -0.353 e. The molecule has 2 aromatic rings. The van der Waals surface area contributed by atoms with Crippen molar-refractivity contribution in [3.63, 3.8) is 0 Å². The maximum atomic E-state index is 12.7. The van der Waals surface area contributed by atoms with Crippen LogP contribution in [0, 0.1) is 0 Å². The Morgan fingerprint density at radius 2 is 1.89 bits per heavy atom. The number of nitrogens with zero attached hydrogens (tertiary/aromatic N) is 2. The lowest BCUT2D eigenvalue weighted by Gasteiger charge is -2.25. The largest absolute Gasteiger partial charge is 0.353 e. The minimum atomic E-state index is -3.68. The lowest BCUT2D eigenvalue weighted by atomic mass is 10.1. The van der Waals surface area contributed by atoms with Crippen LogP contribution in [-0.4, -0.2) is 49.9 Å². The molecule has 0 saturated carbocycles. The Hall–Kier alpha value is -2.32. The number of amides is 1. The smallest absolute Gasteiger partial charge is 0.285 e. The number of thioether (sulfide) groups is 1. The monoisotopic (exact) mass is 415 g/mol. The summed E-state index contributed by atoms with van der Waals surface area (Å²) in [4.78, 5) is 16.0. The number of nitrogens with one attached hydrogen (secondary N) is 1. The number of hydrogen-bond donors (Lipinski definition) is 1. The van der Waals surface area contributed by atoms with Gasteiger partial charge in [0, 0.05) is 29.3 Å². The highest BCUT2D eigenvalue weighted by Crippen LogP contribution is 2.31. The summed E-state index contributed by atoms with van der Waals surface area (Å²) in [6.07, 6.45) is 1.52. The van der Waals surface area contributed by atoms with Gasteiger partial charge >= 0.3 is 0 Å². The Balaban J connectivity index is 1.41. The van der Waals surface area contributed by atoms with Crippen molar-refractivity contribution in [1.82, 2.24) is 10.2 Å². The van der Waals surface area contributed by atoms with Crippen molar-refractivity contribution < 1.29 is 13.2 Å². The van der Waals surface area contributed by atoms with Gasteiger partial charge in [-0.3, -0.25) is 4.79 Å². The van der Waals surface area contributed by atoms with Crippen molar-refractivity contribution in [3.8, 4) is 0 Å². The molecule has 28 heavy (non-hydrogen) atoms. The Morgan fingerprint density at radius 1 is 1.14 bits per heavy atom. The summed E-state index contributed by atoms with van der Waals surface area (Å²) >= 11 is 1.69. The second kappa shape index (κ2) is 7.97. The number of benzene rings is 2. The zero-order valence-corrected chi connectivity index (χ0v) is 16.9. The Kier molecular flexibility index (Phi) is 5.41. The molecule has 0 aromatic heterocycles. The lowest BCUT2D eigenvalue weighted by molar-refractivity contribution is -0.124. The molecule has 4 rings (SSSR count). The van der Waals surface area contributed by atoms with E-state index in [-0.39, 0.29) is 16.8 Å². The van der Waals surface area contributed by atoms with Crippen LogP contribution < -0.4 is 5.32 Å². The molecule has 8 heteroatoms. The third-order valence-electron chi connectivity index (χ3n) is 4.85. The average Bonchev–Trinajstić information content (AvgIpc) is 3.29. The second-order valence-corrected chi connectivity index (χ2v) is 9.43. The topological polar surface area (TPSA) is 78.8 Å². The third-order valence-corrected chi connectivity index (χ3v) is 7.19. The zero-order chi connectivity index (χ0) is 19.6. The van der Waals surface area contributed by atoms with Gasteiger partial charge in [0.25, 0.3) is 10.0 Å². The molecule has 0 unspecified atom stereocenters. The predicted octanol–water partition coefficient (Wildman–Crippen LogP) is 2.51. The molecule has 2 heterocycles. The van der Waals surface area contributed by atoms with Gasteiger partial charge < -0.3 is 10.2 Å². The molecule has 1 atom stereocenters. The molecule has 0 aliphatic carbocycles. The molecule has 1 saturated heterocycles. The van der Waals surface area contributed by atoms with Crippen LogP contribution in [0.1, 0.15) is 18.4 Å². The summed E-state index contributed by atoms with van der Waals surface area (Å²) in [5.41, 5.74) is 0.585. The summed E-state index contributed by atoms with van der Waals surface area (Å²) in [6.45, 7) is 1.18. The van der Waals surface area contributed by atoms with Crippen molar-refractivity contribution in [2.45, 2.75) is 28.7 Å². The van der Waals surface area contributed by atoms with E-state index in [9.17, 15) is 13.2 Å². The quantitative estimate of drug-likeness (QED) is 0.600. The highest BCUT2D eigenvalue weighted by molar-refractivity contribution is 7.99. The van der Waals surface area contributed by atoms with Gasteiger partial charge in [-0.25, -0.2) is 0 Å². The van der Waals surface area contributed by atoms with E-state index in [0.717, 1.165) is 12.2 Å². The average molecular weight is 416 g/mol. The maximum absolute atomic E-state index is 12.7. The highest BCUT2D eigenvalue weighted by atomic mass is 32.2. The van der Waals surface area contributed by atoms with E-state index >= 15 is 0 Å². The molecule has 0 spiro atoms. The molecule has 1 fully saturated rings. The molecule has 2 aliphatic heterocycles. The first-order chi connectivity index (χ1) is 13.6. The fourth-order valence-electron chi connectivity index (χ4n) is 3.57. The van der Waals surface area contributed by atoms with Crippen LogP contribution in [-0.2, 0) is 14.8 Å². The summed E-state index contributed by atoms with van der Waals surface area (Å²) < 4.78 is 28.6. The van der Waals surface area contributed by atoms with Crippen molar-refractivity contribution in [2.75, 3.05) is 18.8 Å². The third kappa shape index (κ3) is 3.79. The standard InChI is InChI=1S/C20H21N3O3S2/c24-20(21-12-14-27-15-7-2-1-3-8-15)17-10-6-13-23(17)19-16-9-4-5-11-18(16)28(25,26)22-19/h1-5,7-9,11,17H,6,10,12-14H2,(H,21,24)/t17-/m0/s1. The number of amidine groups is 1. The first-order valence-corrected chi connectivity index (χ1v) is 11.7. The molecule has 2 aliphatic rings. The van der Waals surface area contributed by atoms with Gasteiger partial charge in [-0.1, -0.05) is 30.3 Å². The van der Waals surface area contributed by atoms with Gasteiger partial charge in [0.1, 0.15) is 10.9 Å². The minimum absolute atomic E-state index is 0.0735. The molecule has 6 nitrogen and oxygen atoms in total. The highest BCUT2D eigenvalue weighted by Gasteiger charge is 2.38. The molecule has 2 aromatic carbocycles. The van der Waals surface area contributed by atoms with Crippen molar-refractivity contribution >= 4 is 33.5 Å². The number of likely N-dealkylation sites (tertiary alicyclic amines) is 1. The lowest BCUT2D eigenvalue weighted by Crippen LogP contribution is -2.46. The van der Waals surface area contributed by atoms with Gasteiger partial charge in [0.2, 0.25) is 5.91 Å². The SMILES string of the molecule is O=C(NCCSc1ccccc1)[C@@H]1CCCN1C1=NS(=O)(=O)c2ccccc21. The molecule has 146 valence electrons. The summed E-state index contributed by atoms with van der Waals surface area (Å²) in [6, 6.07) is 16.5. The predicted molar refractivity (Wildman–Crippen MR) is 110 cm³/mol. The number of hydrogen-bond acceptors (Lipinski definition) is 5. The van der Waals surface area contributed by atoms with Gasteiger partial charge in [0.15, 0.2) is 5.84 Å². The fraction of sp³-hybridized carbons (Fsp3) is 0.300. The van der Waals surface area contributed by atoms with E-state index in [0.29, 0.717) is 30.9 Å². The first kappa shape index (κ1) is 19.0. The fourth-order valence-corrected chi connectivity index (χ4v) is 5.57. The zero-order valence-electron chi connectivity index (χ0n) is 15.2. The second-order valence-electron chi connectivity index (χ2n) is 6.69. The van der Waals surface area contributed by atoms with Crippen LogP contribution >= 0.6 is 11.8 Å². The van der Waals surface area contributed by atoms with Gasteiger partial charge in [-0.15, -0.1) is 16.2 Å². The van der Waals surface area contributed by atoms with E-state index in [1.807, 2.05) is 35.2 Å². The van der Waals surface area contributed by atoms with Crippen LogP contribution in [0.5, 0.6) is 0 Å². The van der Waals surface area contributed by atoms with Gasteiger partial charge in [-0.05, 0) is 37.1 Å².